The van der Waals surface area contributed by atoms with Crippen LogP contribution in [0.25, 0.3) is 23.3 Å². The van der Waals surface area contributed by atoms with Crippen LogP contribution < -0.4 is 5.32 Å². The smallest absolute Gasteiger partial charge is 0.416 e. The fourth-order valence-corrected chi connectivity index (χ4v) is 2.85. The molecule has 0 atom stereocenters. The van der Waals surface area contributed by atoms with Crippen LogP contribution in [0.4, 0.5) is 18.9 Å². The van der Waals surface area contributed by atoms with Gasteiger partial charge < -0.3 is 9.73 Å². The van der Waals surface area contributed by atoms with E-state index in [9.17, 15) is 18.0 Å². The molecule has 4 rings (SSSR count). The van der Waals surface area contributed by atoms with Crippen LogP contribution in [-0.2, 0) is 6.18 Å². The van der Waals surface area contributed by atoms with Gasteiger partial charge in [0.1, 0.15) is 5.52 Å². The van der Waals surface area contributed by atoms with Crippen molar-refractivity contribution in [1.82, 2.24) is 4.98 Å². The van der Waals surface area contributed by atoms with Crippen LogP contribution >= 0.6 is 0 Å². The second-order valence-corrected chi connectivity index (χ2v) is 6.51. The third-order valence-electron chi connectivity index (χ3n) is 4.35. The number of nitrogens with one attached hydrogen (secondary N) is 1. The van der Waals surface area contributed by atoms with E-state index in [1.54, 1.807) is 30.3 Å². The van der Waals surface area contributed by atoms with E-state index in [0.29, 0.717) is 17.2 Å². The van der Waals surface area contributed by atoms with Crippen LogP contribution in [0, 0.1) is 0 Å². The molecule has 0 aliphatic rings. The molecule has 0 aliphatic carbocycles. The Hall–Kier alpha value is -3.87. The van der Waals surface area contributed by atoms with E-state index in [4.69, 9.17) is 4.42 Å². The Morgan fingerprint density at radius 3 is 2.43 bits per heavy atom. The van der Waals surface area contributed by atoms with Gasteiger partial charge in [-0.3, -0.25) is 4.79 Å². The van der Waals surface area contributed by atoms with Crippen LogP contribution in [0.3, 0.4) is 0 Å². The van der Waals surface area contributed by atoms with Gasteiger partial charge in [0, 0.05) is 17.3 Å². The number of rotatable bonds is 4. The molecule has 0 spiro atoms. The highest BCUT2D eigenvalue weighted by atomic mass is 19.4. The molecular weight excluding hydrogens is 393 g/mol. The van der Waals surface area contributed by atoms with E-state index >= 15 is 0 Å². The minimum atomic E-state index is -4.50. The van der Waals surface area contributed by atoms with E-state index in [2.05, 4.69) is 10.3 Å². The van der Waals surface area contributed by atoms with Crippen molar-refractivity contribution in [2.24, 2.45) is 0 Å². The van der Waals surface area contributed by atoms with Crippen molar-refractivity contribution in [3.8, 4) is 0 Å². The Labute approximate surface area is 169 Å². The number of oxazole rings is 1. The second-order valence-electron chi connectivity index (χ2n) is 6.51. The van der Waals surface area contributed by atoms with Gasteiger partial charge in [-0.2, -0.15) is 13.2 Å². The minimum Gasteiger partial charge on any atom is -0.437 e. The largest absolute Gasteiger partial charge is 0.437 e. The summed E-state index contributed by atoms with van der Waals surface area (Å²) in [7, 11) is 0. The fourth-order valence-electron chi connectivity index (χ4n) is 2.85. The monoisotopic (exact) mass is 408 g/mol. The van der Waals surface area contributed by atoms with Gasteiger partial charge in [0.2, 0.25) is 5.89 Å². The predicted octanol–water partition coefficient (Wildman–Crippen LogP) is 6.27. The van der Waals surface area contributed by atoms with E-state index < -0.39 is 17.6 Å². The Kier molecular flexibility index (Phi) is 5.10. The lowest BCUT2D eigenvalue weighted by Crippen LogP contribution is -2.13. The maximum atomic E-state index is 12.8. The molecule has 1 aromatic heterocycles. The highest BCUT2D eigenvalue weighted by molar-refractivity contribution is 6.04. The molecule has 0 aliphatic heterocycles. The van der Waals surface area contributed by atoms with Crippen molar-refractivity contribution >= 4 is 34.8 Å². The van der Waals surface area contributed by atoms with E-state index in [-0.39, 0.29) is 5.56 Å². The first-order chi connectivity index (χ1) is 14.4. The number of nitrogens with zero attached hydrogens (tertiary/aromatic N) is 1. The molecule has 0 unspecified atom stereocenters. The molecule has 0 bridgehead atoms. The summed E-state index contributed by atoms with van der Waals surface area (Å²) in [5.74, 6) is -0.144. The van der Waals surface area contributed by atoms with Gasteiger partial charge in [0.15, 0.2) is 5.58 Å². The standard InChI is InChI=1S/C23H15F3N2O2/c24-23(25,26)17-5-3-4-16(14-17)22(29)27-18-11-8-15(9-12-18)10-13-21-28-19-6-1-2-7-20(19)30-21/h1-14H,(H,27,29). The first-order valence-electron chi connectivity index (χ1n) is 9.01. The van der Waals surface area contributed by atoms with Crippen LogP contribution in [-0.4, -0.2) is 10.9 Å². The van der Waals surface area contributed by atoms with Crippen molar-refractivity contribution < 1.29 is 22.4 Å². The lowest BCUT2D eigenvalue weighted by Gasteiger charge is -2.09. The molecule has 1 heterocycles. The summed E-state index contributed by atoms with van der Waals surface area (Å²) >= 11 is 0. The lowest BCUT2D eigenvalue weighted by molar-refractivity contribution is -0.137. The number of carbonyl (C=O) groups excluding carboxylic acids is 1. The fraction of sp³-hybridized carbons (Fsp3) is 0.0435. The zero-order valence-corrected chi connectivity index (χ0v) is 15.5. The molecule has 3 aromatic carbocycles. The molecule has 4 nitrogen and oxygen atoms in total. The summed E-state index contributed by atoms with van der Waals surface area (Å²) in [6.07, 6.45) is -0.960. The maximum Gasteiger partial charge on any atom is 0.416 e. The zero-order chi connectivity index (χ0) is 21.1. The number of halogens is 3. The summed E-state index contributed by atoms with van der Waals surface area (Å²) in [6.45, 7) is 0. The molecule has 7 heteroatoms. The number of benzene rings is 3. The van der Waals surface area contributed by atoms with Crippen LogP contribution in [0.15, 0.2) is 77.2 Å². The van der Waals surface area contributed by atoms with Crippen molar-refractivity contribution in [3.63, 3.8) is 0 Å². The number of alkyl halides is 3. The number of anilines is 1. The molecule has 4 aromatic rings. The third-order valence-corrected chi connectivity index (χ3v) is 4.35. The topological polar surface area (TPSA) is 55.1 Å². The highest BCUT2D eigenvalue weighted by Crippen LogP contribution is 2.29. The summed E-state index contributed by atoms with van der Waals surface area (Å²) in [4.78, 5) is 16.6. The number of para-hydroxylation sites is 2. The molecule has 30 heavy (non-hydrogen) atoms. The van der Waals surface area contributed by atoms with Gasteiger partial charge in [-0.15, -0.1) is 0 Å². The first-order valence-corrected chi connectivity index (χ1v) is 9.01. The summed E-state index contributed by atoms with van der Waals surface area (Å²) in [5.41, 5.74) is 1.85. The predicted molar refractivity (Wildman–Crippen MR) is 109 cm³/mol. The Bertz CT molecular complexity index is 1190. The van der Waals surface area contributed by atoms with Gasteiger partial charge in [-0.05, 0) is 54.1 Å². The summed E-state index contributed by atoms with van der Waals surface area (Å²) in [6, 6.07) is 18.6. The zero-order valence-electron chi connectivity index (χ0n) is 15.5. The molecule has 0 saturated carbocycles. The highest BCUT2D eigenvalue weighted by Gasteiger charge is 2.30. The molecule has 0 radical (unpaired) electrons. The number of carbonyl (C=O) groups is 1. The molecular formula is C23H15F3N2O2. The second kappa shape index (κ2) is 7.87. The Morgan fingerprint density at radius 2 is 1.70 bits per heavy atom. The third kappa shape index (κ3) is 4.41. The van der Waals surface area contributed by atoms with E-state index in [0.717, 1.165) is 23.2 Å². The molecule has 1 amide bonds. The minimum absolute atomic E-state index is 0.0650. The van der Waals surface area contributed by atoms with Crippen LogP contribution in [0.1, 0.15) is 27.4 Å². The SMILES string of the molecule is O=C(Nc1ccc(C=Cc2nc3ccccc3o2)cc1)c1cccc(C(F)(F)F)c1. The van der Waals surface area contributed by atoms with E-state index in [1.807, 2.05) is 30.3 Å². The Morgan fingerprint density at radius 1 is 0.933 bits per heavy atom. The maximum absolute atomic E-state index is 12.8. The molecule has 0 fully saturated rings. The van der Waals surface area contributed by atoms with Crippen molar-refractivity contribution in [2.75, 3.05) is 5.32 Å². The number of hydrogen-bond donors (Lipinski definition) is 1. The number of fused-ring (bicyclic) bond motifs is 1. The molecule has 150 valence electrons. The number of amides is 1. The molecule has 0 saturated heterocycles. The average Bonchev–Trinajstić information content (AvgIpc) is 3.16. The number of aromatic nitrogens is 1. The average molecular weight is 408 g/mol. The van der Waals surface area contributed by atoms with Crippen molar-refractivity contribution in [1.29, 1.82) is 0 Å². The Balaban J connectivity index is 1.44. The van der Waals surface area contributed by atoms with Gasteiger partial charge >= 0.3 is 6.18 Å². The van der Waals surface area contributed by atoms with Crippen LogP contribution in [0.5, 0.6) is 0 Å². The van der Waals surface area contributed by atoms with Crippen molar-refractivity contribution in [3.05, 3.63) is 95.4 Å². The van der Waals surface area contributed by atoms with Crippen LogP contribution in [0.2, 0.25) is 0 Å². The quantitative estimate of drug-likeness (QED) is 0.433. The van der Waals surface area contributed by atoms with Gasteiger partial charge in [-0.25, -0.2) is 4.98 Å². The number of hydrogen-bond acceptors (Lipinski definition) is 3. The van der Waals surface area contributed by atoms with Gasteiger partial charge in [0.05, 0.1) is 5.56 Å². The van der Waals surface area contributed by atoms with Crippen molar-refractivity contribution in [2.45, 2.75) is 6.18 Å². The van der Waals surface area contributed by atoms with Gasteiger partial charge in [-0.1, -0.05) is 30.3 Å². The summed E-state index contributed by atoms with van der Waals surface area (Å²) in [5, 5.41) is 2.59. The normalized spacial score (nSPS) is 11.8. The summed E-state index contributed by atoms with van der Waals surface area (Å²) < 4.78 is 44.0. The lowest BCUT2D eigenvalue weighted by atomic mass is 10.1. The van der Waals surface area contributed by atoms with E-state index in [1.165, 1.54) is 12.1 Å². The molecule has 1 N–H and O–H groups in total. The first kappa shape index (κ1) is 19.4. The van der Waals surface area contributed by atoms with Gasteiger partial charge in [0.25, 0.3) is 5.91 Å².